The van der Waals surface area contributed by atoms with E-state index in [2.05, 4.69) is 42.6 Å². The van der Waals surface area contributed by atoms with Crippen LogP contribution in [0.5, 0.6) is 0 Å². The van der Waals surface area contributed by atoms with Crippen LogP contribution in [0.25, 0.3) is 0 Å². The van der Waals surface area contributed by atoms with Gasteiger partial charge in [0.1, 0.15) is 0 Å². The molecule has 0 bridgehead atoms. The zero-order valence-corrected chi connectivity index (χ0v) is 12.3. The van der Waals surface area contributed by atoms with Crippen LogP contribution in [-0.4, -0.2) is 66.6 Å². The quantitative estimate of drug-likeness (QED) is 0.817. The average Bonchev–Trinajstić information content (AvgIpc) is 2.86. The van der Waals surface area contributed by atoms with Crippen LogP contribution in [0.15, 0.2) is 0 Å². The smallest absolute Gasteiger partial charge is 0.0452 e. The van der Waals surface area contributed by atoms with Gasteiger partial charge in [-0.1, -0.05) is 6.92 Å². The summed E-state index contributed by atoms with van der Waals surface area (Å²) in [6, 6.07) is 0. The van der Waals surface area contributed by atoms with Crippen molar-refractivity contribution in [2.24, 2.45) is 11.7 Å². The highest BCUT2D eigenvalue weighted by atomic mass is 32.2. The van der Waals surface area contributed by atoms with Gasteiger partial charge >= 0.3 is 0 Å². The van der Waals surface area contributed by atoms with Gasteiger partial charge in [0.25, 0.3) is 0 Å². The lowest BCUT2D eigenvalue weighted by atomic mass is 9.90. The molecule has 0 aromatic rings. The zero-order valence-electron chi connectivity index (χ0n) is 11.5. The summed E-state index contributed by atoms with van der Waals surface area (Å²) >= 11 is 2.08. The van der Waals surface area contributed by atoms with Crippen molar-refractivity contribution in [3.05, 3.63) is 0 Å². The molecule has 2 aliphatic heterocycles. The summed E-state index contributed by atoms with van der Waals surface area (Å²) in [5.74, 6) is 2.11. The third-order valence-corrected chi connectivity index (χ3v) is 6.17. The fraction of sp³-hybridized carbons (Fsp3) is 1.00. The molecule has 0 amide bonds. The highest BCUT2D eigenvalue weighted by Crippen LogP contribution is 2.39. The van der Waals surface area contributed by atoms with E-state index in [1.165, 1.54) is 38.2 Å². The Morgan fingerprint density at radius 1 is 1.53 bits per heavy atom. The van der Waals surface area contributed by atoms with Crippen LogP contribution in [0.2, 0.25) is 0 Å². The maximum atomic E-state index is 6.10. The minimum atomic E-state index is 0.256. The van der Waals surface area contributed by atoms with Gasteiger partial charge in [0.05, 0.1) is 0 Å². The van der Waals surface area contributed by atoms with Gasteiger partial charge in [-0.25, -0.2) is 0 Å². The number of thioether (sulfide) groups is 1. The predicted octanol–water partition coefficient (Wildman–Crippen LogP) is 1.09. The molecular weight excluding hydrogens is 230 g/mol. The van der Waals surface area contributed by atoms with E-state index in [4.69, 9.17) is 5.73 Å². The molecule has 2 saturated heterocycles. The van der Waals surface area contributed by atoms with Crippen LogP contribution in [-0.2, 0) is 0 Å². The minimum absolute atomic E-state index is 0.256. The maximum absolute atomic E-state index is 6.10. The topological polar surface area (TPSA) is 32.5 Å². The summed E-state index contributed by atoms with van der Waals surface area (Å²) in [4.78, 5) is 5.02. The first-order valence-electron chi connectivity index (χ1n) is 6.80. The molecule has 0 aliphatic carbocycles. The summed E-state index contributed by atoms with van der Waals surface area (Å²) in [6.07, 6.45) is 2.61. The Morgan fingerprint density at radius 2 is 2.29 bits per heavy atom. The summed E-state index contributed by atoms with van der Waals surface area (Å²) in [5, 5.41) is 0.677. The molecule has 0 aromatic carbocycles. The van der Waals surface area contributed by atoms with Gasteiger partial charge in [-0.2, -0.15) is 11.8 Å². The second kappa shape index (κ2) is 5.47. The first-order valence-corrected chi connectivity index (χ1v) is 7.85. The number of hydrogen-bond donors (Lipinski definition) is 1. The second-order valence-corrected chi connectivity index (χ2v) is 7.32. The van der Waals surface area contributed by atoms with Crippen molar-refractivity contribution in [2.75, 3.05) is 46.0 Å². The molecule has 2 rings (SSSR count). The lowest BCUT2D eigenvalue weighted by Crippen LogP contribution is -2.57. The molecule has 17 heavy (non-hydrogen) atoms. The van der Waals surface area contributed by atoms with Crippen LogP contribution in [0.4, 0.5) is 0 Å². The molecule has 2 heterocycles. The van der Waals surface area contributed by atoms with E-state index in [0.717, 1.165) is 12.5 Å². The minimum Gasteiger partial charge on any atom is -0.329 e. The van der Waals surface area contributed by atoms with Crippen LogP contribution < -0.4 is 5.73 Å². The van der Waals surface area contributed by atoms with Crippen molar-refractivity contribution >= 4 is 11.8 Å². The standard InChI is InChI=1S/C13H27N3S/c1-11-13(10-14,5-7-17-11)16(3)9-12-4-6-15(2)8-12/h11-12H,4-10,14H2,1-3H3. The monoisotopic (exact) mass is 257 g/mol. The summed E-state index contributed by atoms with van der Waals surface area (Å²) in [7, 11) is 4.51. The summed E-state index contributed by atoms with van der Waals surface area (Å²) < 4.78 is 0. The Morgan fingerprint density at radius 3 is 2.76 bits per heavy atom. The highest BCUT2D eigenvalue weighted by Gasteiger charge is 2.43. The molecule has 3 unspecified atom stereocenters. The molecule has 0 spiro atoms. The molecule has 0 radical (unpaired) electrons. The Labute approximate surface area is 110 Å². The number of likely N-dealkylation sites (tertiary alicyclic amines) is 1. The molecule has 3 atom stereocenters. The van der Waals surface area contributed by atoms with Crippen molar-refractivity contribution < 1.29 is 0 Å². The third kappa shape index (κ3) is 2.65. The first-order chi connectivity index (χ1) is 8.08. The Hall–Kier alpha value is 0.230. The molecular formula is C13H27N3S. The van der Waals surface area contributed by atoms with E-state index in [-0.39, 0.29) is 5.54 Å². The normalized spacial score (nSPS) is 39.4. The number of nitrogens with zero attached hydrogens (tertiary/aromatic N) is 2. The molecule has 4 heteroatoms. The molecule has 0 aromatic heterocycles. The van der Waals surface area contributed by atoms with Gasteiger partial charge in [0.2, 0.25) is 0 Å². The predicted molar refractivity (Wildman–Crippen MR) is 76.6 cm³/mol. The van der Waals surface area contributed by atoms with Crippen LogP contribution >= 0.6 is 11.8 Å². The van der Waals surface area contributed by atoms with Crippen molar-refractivity contribution in [3.63, 3.8) is 0 Å². The summed E-state index contributed by atoms with van der Waals surface area (Å²) in [6.45, 7) is 6.89. The number of likely N-dealkylation sites (N-methyl/N-ethyl adjacent to an activating group) is 1. The van der Waals surface area contributed by atoms with Gasteiger partial charge in [0, 0.05) is 30.4 Å². The first kappa shape index (κ1) is 13.7. The van der Waals surface area contributed by atoms with Crippen molar-refractivity contribution in [1.82, 2.24) is 9.80 Å². The molecule has 2 fully saturated rings. The van der Waals surface area contributed by atoms with E-state index in [9.17, 15) is 0 Å². The molecule has 100 valence electrons. The van der Waals surface area contributed by atoms with Crippen molar-refractivity contribution in [2.45, 2.75) is 30.6 Å². The fourth-order valence-electron chi connectivity index (χ4n) is 3.44. The van der Waals surface area contributed by atoms with Gasteiger partial charge in [-0.3, -0.25) is 4.90 Å². The van der Waals surface area contributed by atoms with E-state index >= 15 is 0 Å². The molecule has 3 nitrogen and oxygen atoms in total. The number of hydrogen-bond acceptors (Lipinski definition) is 4. The molecule has 2 aliphatic rings. The molecule has 0 saturated carbocycles. The highest BCUT2D eigenvalue weighted by molar-refractivity contribution is 8.00. The third-order valence-electron chi connectivity index (χ3n) is 4.79. The lowest BCUT2D eigenvalue weighted by molar-refractivity contribution is 0.110. The van der Waals surface area contributed by atoms with Crippen molar-refractivity contribution in [1.29, 1.82) is 0 Å². The SMILES string of the molecule is CC1SCCC1(CN)N(C)CC1CCN(C)C1. The fourth-order valence-corrected chi connectivity index (χ4v) is 4.97. The van der Waals surface area contributed by atoms with Gasteiger partial charge in [-0.05, 0) is 45.2 Å². The Balaban J connectivity index is 1.95. The van der Waals surface area contributed by atoms with Crippen LogP contribution in [0.1, 0.15) is 19.8 Å². The van der Waals surface area contributed by atoms with E-state index < -0.39 is 0 Å². The van der Waals surface area contributed by atoms with Gasteiger partial charge in [-0.15, -0.1) is 0 Å². The average molecular weight is 257 g/mol. The Kier molecular flexibility index (Phi) is 4.40. The van der Waals surface area contributed by atoms with Crippen LogP contribution in [0.3, 0.4) is 0 Å². The number of nitrogens with two attached hydrogens (primary N) is 1. The zero-order chi connectivity index (χ0) is 12.5. The van der Waals surface area contributed by atoms with Crippen molar-refractivity contribution in [3.8, 4) is 0 Å². The lowest BCUT2D eigenvalue weighted by Gasteiger charge is -2.42. The van der Waals surface area contributed by atoms with E-state index in [1.807, 2.05) is 0 Å². The number of rotatable bonds is 4. The van der Waals surface area contributed by atoms with E-state index in [1.54, 1.807) is 0 Å². The van der Waals surface area contributed by atoms with E-state index in [0.29, 0.717) is 5.25 Å². The summed E-state index contributed by atoms with van der Waals surface area (Å²) in [5.41, 5.74) is 6.35. The Bertz CT molecular complexity index is 261. The van der Waals surface area contributed by atoms with Crippen LogP contribution in [0, 0.1) is 5.92 Å². The molecule has 2 N–H and O–H groups in total. The second-order valence-electron chi connectivity index (χ2n) is 5.87. The van der Waals surface area contributed by atoms with Gasteiger partial charge in [0.15, 0.2) is 0 Å². The largest absolute Gasteiger partial charge is 0.329 e. The maximum Gasteiger partial charge on any atom is 0.0452 e. The van der Waals surface area contributed by atoms with Gasteiger partial charge < -0.3 is 10.6 Å².